The molecule has 0 unspecified atom stereocenters. The lowest BCUT2D eigenvalue weighted by molar-refractivity contribution is 0.346. The van der Waals surface area contributed by atoms with Crippen molar-refractivity contribution in [3.63, 3.8) is 0 Å². The molecule has 0 aliphatic heterocycles. The average molecular weight is 150 g/mol. The molecule has 3 heteroatoms. The van der Waals surface area contributed by atoms with Crippen LogP contribution in [0.25, 0.3) is 0 Å². The van der Waals surface area contributed by atoms with Crippen molar-refractivity contribution in [2.45, 2.75) is 13.8 Å². The van der Waals surface area contributed by atoms with Crippen molar-refractivity contribution in [2.24, 2.45) is 0 Å². The van der Waals surface area contributed by atoms with E-state index in [2.05, 4.69) is 6.92 Å². The van der Waals surface area contributed by atoms with E-state index >= 15 is 0 Å². The predicted octanol–water partition coefficient (Wildman–Crippen LogP) is 2.06. The van der Waals surface area contributed by atoms with Crippen LogP contribution in [0.3, 0.4) is 0 Å². The van der Waals surface area contributed by atoms with Gasteiger partial charge in [-0.2, -0.15) is 0 Å². The summed E-state index contributed by atoms with van der Waals surface area (Å²) in [5.74, 6) is 0.999. The summed E-state index contributed by atoms with van der Waals surface area (Å²) in [4.78, 5) is 0. The van der Waals surface area contributed by atoms with E-state index < -0.39 is 0 Å². The van der Waals surface area contributed by atoms with Crippen molar-refractivity contribution < 1.29 is 4.74 Å². The minimum Gasteiger partial charge on any atom is -0.479 e. The molecule has 0 saturated heterocycles. The van der Waals surface area contributed by atoms with E-state index in [0.717, 1.165) is 5.75 Å². The quantitative estimate of drug-likeness (QED) is 0.558. The van der Waals surface area contributed by atoms with Crippen LogP contribution in [-0.4, -0.2) is 16.7 Å². The highest BCUT2D eigenvalue weighted by Crippen LogP contribution is 2.03. The van der Waals surface area contributed by atoms with Gasteiger partial charge in [0.25, 0.3) is 0 Å². The topological polar surface area (TPSA) is 9.23 Å². The van der Waals surface area contributed by atoms with Gasteiger partial charge in [-0.1, -0.05) is 18.7 Å². The Morgan fingerprint density at radius 3 is 2.62 bits per heavy atom. The summed E-state index contributed by atoms with van der Waals surface area (Å²) in [7, 11) is 0. The fourth-order valence-electron chi connectivity index (χ4n) is 0.277. The van der Waals surface area contributed by atoms with Crippen LogP contribution < -0.4 is 0 Å². The third-order valence-electron chi connectivity index (χ3n) is 0.524. The molecular weight excluding hydrogens is 140 g/mol. The molecule has 0 aromatic carbocycles. The molecule has 0 aromatic heterocycles. The first-order chi connectivity index (χ1) is 3.81. The Kier molecular flexibility index (Phi) is 5.54. The lowest BCUT2D eigenvalue weighted by atomic mass is 10.9. The minimum atomic E-state index is 0.662. The number of ether oxygens (including phenoxy) is 1. The fraction of sp³-hybridized carbons (Fsp3) is 0.800. The Labute approximate surface area is 59.8 Å². The molecule has 0 radical (unpaired) electrons. The molecule has 0 atom stereocenters. The highest BCUT2D eigenvalue weighted by molar-refractivity contribution is 8.22. The lowest BCUT2D eigenvalue weighted by Gasteiger charge is -1.99. The summed E-state index contributed by atoms with van der Waals surface area (Å²) in [6, 6.07) is 0. The summed E-state index contributed by atoms with van der Waals surface area (Å²) in [5, 5.41) is 0. The smallest absolute Gasteiger partial charge is 0.219 e. The lowest BCUT2D eigenvalue weighted by Crippen LogP contribution is -1.95. The van der Waals surface area contributed by atoms with Crippen LogP contribution in [-0.2, 0) is 4.74 Å². The Balaban J connectivity index is 3.06. The van der Waals surface area contributed by atoms with Gasteiger partial charge in [0.2, 0.25) is 4.38 Å². The molecule has 0 heterocycles. The van der Waals surface area contributed by atoms with E-state index in [1.807, 2.05) is 6.92 Å². The summed E-state index contributed by atoms with van der Waals surface area (Å²) in [5.41, 5.74) is 0. The largest absolute Gasteiger partial charge is 0.479 e. The highest BCUT2D eigenvalue weighted by atomic mass is 32.2. The number of hydrogen-bond acceptors (Lipinski definition) is 3. The maximum absolute atomic E-state index is 4.98. The Hall–Kier alpha value is 0.240. The molecule has 0 fully saturated rings. The molecule has 48 valence electrons. The molecule has 8 heavy (non-hydrogen) atoms. The van der Waals surface area contributed by atoms with Crippen LogP contribution in [0.15, 0.2) is 0 Å². The molecule has 0 aromatic rings. The van der Waals surface area contributed by atoms with Crippen LogP contribution in [0, 0.1) is 0 Å². The van der Waals surface area contributed by atoms with Crippen molar-refractivity contribution >= 4 is 28.4 Å². The average Bonchev–Trinajstić information content (AvgIpc) is 1.68. The van der Waals surface area contributed by atoms with Gasteiger partial charge in [-0.05, 0) is 24.9 Å². The highest BCUT2D eigenvalue weighted by Gasteiger charge is 1.90. The van der Waals surface area contributed by atoms with Crippen LogP contribution in [0.1, 0.15) is 13.8 Å². The van der Waals surface area contributed by atoms with Crippen molar-refractivity contribution in [1.82, 2.24) is 0 Å². The van der Waals surface area contributed by atoms with E-state index in [1.165, 1.54) is 0 Å². The van der Waals surface area contributed by atoms with Gasteiger partial charge in [0.15, 0.2) is 0 Å². The molecule has 0 aliphatic carbocycles. The predicted molar refractivity (Wildman–Crippen MR) is 42.4 cm³/mol. The van der Waals surface area contributed by atoms with Gasteiger partial charge in [-0.25, -0.2) is 0 Å². The van der Waals surface area contributed by atoms with Crippen molar-refractivity contribution in [2.75, 3.05) is 12.4 Å². The molecular formula is C5H10OS2. The van der Waals surface area contributed by atoms with E-state index in [9.17, 15) is 0 Å². The monoisotopic (exact) mass is 150 g/mol. The summed E-state index contributed by atoms with van der Waals surface area (Å²) >= 11 is 6.36. The molecule has 0 spiro atoms. The number of thioether (sulfide) groups is 1. The SMILES string of the molecule is CCOC(=S)SCC. The zero-order chi connectivity index (χ0) is 6.41. The van der Waals surface area contributed by atoms with Crippen LogP contribution in [0.4, 0.5) is 0 Å². The maximum atomic E-state index is 4.98. The summed E-state index contributed by atoms with van der Waals surface area (Å²) in [6.45, 7) is 4.67. The fourth-order valence-corrected chi connectivity index (χ4v) is 1.19. The van der Waals surface area contributed by atoms with Crippen molar-refractivity contribution in [1.29, 1.82) is 0 Å². The second-order valence-electron chi connectivity index (χ2n) is 1.12. The number of thiocarbonyl (C=S) groups is 1. The van der Waals surface area contributed by atoms with Gasteiger partial charge in [-0.3, -0.25) is 0 Å². The minimum absolute atomic E-state index is 0.662. The second kappa shape index (κ2) is 5.38. The van der Waals surface area contributed by atoms with Gasteiger partial charge in [-0.15, -0.1) is 0 Å². The van der Waals surface area contributed by atoms with Crippen molar-refractivity contribution in [3.05, 3.63) is 0 Å². The van der Waals surface area contributed by atoms with Crippen LogP contribution >= 0.6 is 24.0 Å². The van der Waals surface area contributed by atoms with E-state index in [4.69, 9.17) is 17.0 Å². The van der Waals surface area contributed by atoms with Gasteiger partial charge >= 0.3 is 0 Å². The first kappa shape index (κ1) is 8.24. The van der Waals surface area contributed by atoms with Gasteiger partial charge in [0, 0.05) is 0 Å². The number of rotatable bonds is 2. The third kappa shape index (κ3) is 4.40. The van der Waals surface area contributed by atoms with Crippen LogP contribution in [0.5, 0.6) is 0 Å². The molecule has 0 saturated carbocycles. The zero-order valence-electron chi connectivity index (χ0n) is 5.14. The Morgan fingerprint density at radius 1 is 1.62 bits per heavy atom. The van der Waals surface area contributed by atoms with E-state index in [-0.39, 0.29) is 0 Å². The van der Waals surface area contributed by atoms with Gasteiger partial charge < -0.3 is 4.74 Å². The molecule has 0 N–H and O–H groups in total. The first-order valence-electron chi connectivity index (χ1n) is 2.60. The van der Waals surface area contributed by atoms with E-state index in [0.29, 0.717) is 11.0 Å². The van der Waals surface area contributed by atoms with E-state index in [1.54, 1.807) is 11.8 Å². The van der Waals surface area contributed by atoms with Gasteiger partial charge in [0.05, 0.1) is 6.61 Å². The second-order valence-corrected chi connectivity index (χ2v) is 2.98. The summed E-state index contributed by atoms with van der Waals surface area (Å²) < 4.78 is 5.64. The zero-order valence-corrected chi connectivity index (χ0v) is 6.77. The molecule has 1 nitrogen and oxygen atoms in total. The molecule has 0 amide bonds. The van der Waals surface area contributed by atoms with Crippen molar-refractivity contribution in [3.8, 4) is 0 Å². The standard InChI is InChI=1S/C5H10OS2/c1-3-6-5(7)8-4-2/h3-4H2,1-2H3. The van der Waals surface area contributed by atoms with Gasteiger partial charge in [0.1, 0.15) is 0 Å². The first-order valence-corrected chi connectivity index (χ1v) is 4.00. The third-order valence-corrected chi connectivity index (χ3v) is 1.64. The normalized spacial score (nSPS) is 8.75. The molecule has 0 rings (SSSR count). The molecule has 0 bridgehead atoms. The van der Waals surface area contributed by atoms with Crippen LogP contribution in [0.2, 0.25) is 0 Å². The Bertz CT molecular complexity index is 64.8. The Morgan fingerprint density at radius 2 is 2.25 bits per heavy atom. The maximum Gasteiger partial charge on any atom is 0.219 e. The number of hydrogen-bond donors (Lipinski definition) is 0. The molecule has 0 aliphatic rings. The summed E-state index contributed by atoms with van der Waals surface area (Å²) in [6.07, 6.45) is 0.